The highest BCUT2D eigenvalue weighted by Gasteiger charge is 2.52. The first-order valence-electron chi connectivity index (χ1n) is 19.9. The van der Waals surface area contributed by atoms with Crippen molar-refractivity contribution in [3.8, 4) is 39.6 Å². The van der Waals surface area contributed by atoms with E-state index in [2.05, 4.69) is 179 Å². The Bertz CT molecular complexity index is 3090. The van der Waals surface area contributed by atoms with Crippen LogP contribution in [0.2, 0.25) is 0 Å². The highest BCUT2D eigenvalue weighted by Crippen LogP contribution is 2.61. The zero-order chi connectivity index (χ0) is 37.8. The molecule has 5 nitrogen and oxygen atoms in total. The molecule has 0 fully saturated rings. The van der Waals surface area contributed by atoms with Gasteiger partial charge in [-0.15, -0.1) is 0 Å². The van der Waals surface area contributed by atoms with Gasteiger partial charge < -0.3 is 4.90 Å². The van der Waals surface area contributed by atoms with E-state index in [9.17, 15) is 0 Å². The number of para-hydroxylation sites is 1. The first-order valence-corrected chi connectivity index (χ1v) is 19.9. The number of rotatable bonds is 1. The van der Waals surface area contributed by atoms with Crippen LogP contribution in [0.3, 0.4) is 0 Å². The van der Waals surface area contributed by atoms with Gasteiger partial charge in [-0.1, -0.05) is 143 Å². The fraction of sp³-hybridized carbons (Fsp3) is 0.196. The smallest absolute Gasteiger partial charge is 0.164 e. The Hall–Kier alpha value is -6.33. The van der Waals surface area contributed by atoms with Gasteiger partial charge in [-0.2, -0.15) is 0 Å². The highest BCUT2D eigenvalue weighted by atomic mass is 15.3. The Morgan fingerprint density at radius 2 is 1.20 bits per heavy atom. The lowest BCUT2D eigenvalue weighted by Crippen LogP contribution is -2.45. The third kappa shape index (κ3) is 3.74. The second kappa shape index (κ2) is 10.7. The molecule has 6 bridgehead atoms. The maximum absolute atomic E-state index is 5.71. The summed E-state index contributed by atoms with van der Waals surface area (Å²) in [5, 5.41) is 3.60. The SMILES string of the molecule is CC1C2=C3N(C)c4c(c5ccccc5n4-c4cccc5c4C(C)(C)c4c(cccc4-5)-c4nc(-c5cccc6ccccc56)nc(n4)C3(C)c3ccccc31)C2C. The van der Waals surface area contributed by atoms with E-state index in [0.717, 1.165) is 22.3 Å². The van der Waals surface area contributed by atoms with Crippen molar-refractivity contribution in [1.29, 1.82) is 0 Å². The van der Waals surface area contributed by atoms with Gasteiger partial charge in [-0.3, -0.25) is 4.57 Å². The molecule has 0 saturated carbocycles. The number of fused-ring (bicyclic) bond motifs is 12. The fourth-order valence-corrected chi connectivity index (χ4v) is 11.6. The third-order valence-electron chi connectivity index (χ3n) is 13.9. The van der Waals surface area contributed by atoms with Crippen LogP contribution in [0.1, 0.15) is 80.1 Å². The number of hydrogen-bond acceptors (Lipinski definition) is 4. The molecule has 5 heteroatoms. The van der Waals surface area contributed by atoms with Crippen LogP contribution in [0, 0.1) is 0 Å². The first-order chi connectivity index (χ1) is 27.2. The lowest BCUT2D eigenvalue weighted by molar-refractivity contribution is 0.528. The summed E-state index contributed by atoms with van der Waals surface area (Å²) >= 11 is 0. The van der Waals surface area contributed by atoms with E-state index in [1.807, 2.05) is 0 Å². The molecule has 2 aromatic heterocycles. The maximum Gasteiger partial charge on any atom is 0.164 e. The minimum atomic E-state index is -0.715. The van der Waals surface area contributed by atoms with Crippen molar-refractivity contribution >= 4 is 27.5 Å². The van der Waals surface area contributed by atoms with Gasteiger partial charge in [0, 0.05) is 52.1 Å². The minimum absolute atomic E-state index is 0.139. The maximum atomic E-state index is 5.71. The van der Waals surface area contributed by atoms with Crippen molar-refractivity contribution in [2.75, 3.05) is 11.9 Å². The van der Waals surface area contributed by atoms with E-state index < -0.39 is 5.41 Å². The average molecular weight is 724 g/mol. The summed E-state index contributed by atoms with van der Waals surface area (Å²) in [6, 6.07) is 46.7. The Morgan fingerprint density at radius 3 is 2.04 bits per heavy atom. The largest absolute Gasteiger partial charge is 0.333 e. The summed E-state index contributed by atoms with van der Waals surface area (Å²) in [7, 11) is 2.29. The number of likely N-dealkylation sites (N-methyl/N-ethyl adjacent to an activating group) is 1. The van der Waals surface area contributed by atoms with Crippen LogP contribution in [0.4, 0.5) is 5.82 Å². The van der Waals surface area contributed by atoms with Crippen LogP contribution in [-0.4, -0.2) is 26.6 Å². The third-order valence-corrected chi connectivity index (χ3v) is 13.9. The lowest BCUT2D eigenvalue weighted by Gasteiger charge is -2.49. The van der Waals surface area contributed by atoms with E-state index in [-0.39, 0.29) is 17.3 Å². The standard InChI is InChI=1S/C51H41N5/c1-28-31-18-9-11-25-38(31)51(5)45-41(28)29(2)42-36-20-10-12-26-39(36)56(48(42)55(45)6)40-27-15-22-34-33-21-14-24-37(43(33)50(3,4)44(34)40)47-52-46(53-49(51)54-47)35-23-13-17-30-16-7-8-19-32(30)35/h7-29H,1-6H3. The quantitative estimate of drug-likeness (QED) is 0.169. The second-order valence-corrected chi connectivity index (χ2v) is 17.0. The normalized spacial score (nSPS) is 20.8. The molecular formula is C51H41N5. The van der Waals surface area contributed by atoms with Gasteiger partial charge in [0.05, 0.1) is 16.6 Å². The molecule has 2 aliphatic heterocycles. The van der Waals surface area contributed by atoms with Crippen molar-refractivity contribution < 1.29 is 0 Å². The zero-order valence-electron chi connectivity index (χ0n) is 32.5. The summed E-state index contributed by atoms with van der Waals surface area (Å²) in [5.74, 6) is 3.73. The van der Waals surface area contributed by atoms with Crippen molar-refractivity contribution in [1.82, 2.24) is 19.5 Å². The fourth-order valence-electron chi connectivity index (χ4n) is 11.6. The van der Waals surface area contributed by atoms with E-state index >= 15 is 0 Å². The van der Waals surface area contributed by atoms with Gasteiger partial charge >= 0.3 is 0 Å². The Kier molecular flexibility index (Phi) is 6.11. The molecule has 4 heterocycles. The summed E-state index contributed by atoms with van der Waals surface area (Å²) < 4.78 is 2.58. The number of aromatic nitrogens is 4. The van der Waals surface area contributed by atoms with Crippen LogP contribution < -0.4 is 4.90 Å². The summed E-state index contributed by atoms with van der Waals surface area (Å²) in [4.78, 5) is 19.4. The second-order valence-electron chi connectivity index (χ2n) is 17.0. The molecule has 3 atom stereocenters. The predicted octanol–water partition coefficient (Wildman–Crippen LogP) is 11.9. The van der Waals surface area contributed by atoms with Crippen molar-refractivity contribution in [3.63, 3.8) is 0 Å². The lowest BCUT2D eigenvalue weighted by atomic mass is 9.62. The van der Waals surface area contributed by atoms with Crippen molar-refractivity contribution in [2.24, 2.45) is 0 Å². The van der Waals surface area contributed by atoms with Gasteiger partial charge in [0.2, 0.25) is 0 Å². The van der Waals surface area contributed by atoms with E-state index in [1.165, 1.54) is 78.0 Å². The highest BCUT2D eigenvalue weighted by molar-refractivity contribution is 5.98. The van der Waals surface area contributed by atoms with Gasteiger partial charge in [0.1, 0.15) is 11.6 Å². The van der Waals surface area contributed by atoms with E-state index in [1.54, 1.807) is 0 Å². The Labute approximate surface area is 327 Å². The Balaban J connectivity index is 1.31. The molecular weight excluding hydrogens is 683 g/mol. The molecule has 270 valence electrons. The number of hydrogen-bond donors (Lipinski definition) is 0. The van der Waals surface area contributed by atoms with Crippen LogP contribution in [0.25, 0.3) is 61.3 Å². The van der Waals surface area contributed by atoms with E-state index in [0.29, 0.717) is 11.6 Å². The van der Waals surface area contributed by atoms with Gasteiger partial charge in [-0.05, 0) is 68.8 Å². The summed E-state index contributed by atoms with van der Waals surface area (Å²) in [6.45, 7) is 12.0. The molecule has 6 aromatic carbocycles. The molecule has 8 aromatic rings. The molecule has 56 heavy (non-hydrogen) atoms. The predicted molar refractivity (Wildman–Crippen MR) is 228 cm³/mol. The van der Waals surface area contributed by atoms with Crippen molar-refractivity contribution in [3.05, 3.63) is 172 Å². The summed E-state index contributed by atoms with van der Waals surface area (Å²) in [5.41, 5.74) is 15.2. The average Bonchev–Trinajstić information content (AvgIpc) is 3.70. The molecule has 0 saturated heterocycles. The molecule has 0 radical (unpaired) electrons. The molecule has 2 aliphatic carbocycles. The van der Waals surface area contributed by atoms with Crippen LogP contribution in [-0.2, 0) is 10.8 Å². The van der Waals surface area contributed by atoms with Gasteiger partial charge in [-0.25, -0.2) is 15.0 Å². The number of nitrogens with zero attached hydrogens (tertiary/aromatic N) is 5. The molecule has 0 N–H and O–H groups in total. The van der Waals surface area contributed by atoms with Crippen LogP contribution in [0.5, 0.6) is 0 Å². The molecule has 4 aliphatic rings. The van der Waals surface area contributed by atoms with Crippen molar-refractivity contribution in [2.45, 2.75) is 57.3 Å². The zero-order valence-corrected chi connectivity index (χ0v) is 32.5. The van der Waals surface area contributed by atoms with Crippen LogP contribution in [0.15, 0.2) is 139 Å². The molecule has 12 rings (SSSR count). The van der Waals surface area contributed by atoms with Crippen LogP contribution >= 0.6 is 0 Å². The van der Waals surface area contributed by atoms with Gasteiger partial charge in [0.25, 0.3) is 0 Å². The summed E-state index contributed by atoms with van der Waals surface area (Å²) in [6.07, 6.45) is 0. The Morgan fingerprint density at radius 1 is 0.571 bits per heavy atom. The number of benzene rings is 6. The molecule has 0 amide bonds. The molecule has 3 unspecified atom stereocenters. The number of anilines is 1. The molecule has 0 spiro atoms. The topological polar surface area (TPSA) is 46.8 Å². The van der Waals surface area contributed by atoms with Gasteiger partial charge in [0.15, 0.2) is 11.6 Å². The minimum Gasteiger partial charge on any atom is -0.333 e. The van der Waals surface area contributed by atoms with E-state index in [4.69, 9.17) is 15.0 Å². The monoisotopic (exact) mass is 723 g/mol. The first kappa shape index (κ1) is 32.0. The number of allylic oxidation sites excluding steroid dienone is 2.